The first kappa shape index (κ1) is 72.9. The van der Waals surface area contributed by atoms with Crippen LogP contribution in [0.3, 0.4) is 0 Å². The Balaban J connectivity index is 0.000000133. The predicted octanol–water partition coefficient (Wildman–Crippen LogP) is 32.1. The van der Waals surface area contributed by atoms with E-state index in [1.807, 2.05) is 0 Å². The minimum Gasteiger partial charge on any atom is -0.247 e. The number of benzene rings is 21. The molecule has 21 aromatic carbocycles. The lowest BCUT2D eigenvalue weighted by atomic mass is 9.67. The van der Waals surface area contributed by atoms with E-state index in [0.29, 0.717) is 0 Å². The Morgan fingerprint density at radius 3 is 0.814 bits per heavy atom. The Morgan fingerprint density at radius 1 is 0.132 bits per heavy atom. The highest BCUT2D eigenvalue weighted by atomic mass is 14.7. The summed E-state index contributed by atoms with van der Waals surface area (Å²) in [6.07, 6.45) is 0. The van der Waals surface area contributed by atoms with Gasteiger partial charge in [-0.2, -0.15) is 0 Å². The van der Waals surface area contributed by atoms with Crippen LogP contribution in [0.4, 0.5) is 0 Å². The first-order valence-electron chi connectivity index (χ1n) is 45.0. The van der Waals surface area contributed by atoms with Crippen LogP contribution in [-0.4, -0.2) is 9.97 Å². The molecule has 2 spiro atoms. The van der Waals surface area contributed by atoms with Gasteiger partial charge in [0.1, 0.15) is 0 Å². The van der Waals surface area contributed by atoms with Crippen LogP contribution in [0.1, 0.15) is 66.8 Å². The monoisotopic (exact) mass is 1630 g/mol. The van der Waals surface area contributed by atoms with Crippen molar-refractivity contribution in [3.63, 3.8) is 0 Å². The van der Waals surface area contributed by atoms with Gasteiger partial charge in [-0.05, 0) is 284 Å². The molecule has 2 nitrogen and oxygen atoms in total. The van der Waals surface area contributed by atoms with E-state index < -0.39 is 16.2 Å². The standard InChI is InChI=1S/C64H39N.C63H39N/c1-3-16-42-32-45(30-28-40(42)14-1)49-35-48(36-50(37-49)46-31-29-41-15-2-4-17-43(41)33-46)44-18-13-19-47(34-44)63-57-38-56-53-22-7-11-26-60(53)64(61(56)39-55(57)54-23-8-12-27-62(54)65-63)58-24-9-5-20-51(58)52-21-6-10-25-59(52)64;1-3-20-43(21-4-1)62(44-22-5-2-6-23-44)54-29-12-7-26-47(54)49-35-34-41(37-58(49)62)40-18-17-19-42(36-40)61-53-38-52-48-27-10-15-32-57(48)63(59(52)39-51(53)50-28-11-16-33-60(50)64-61)55-30-13-8-24-45(55)46-25-9-14-31-56(46)63/h1-39H;1-39H. The smallest absolute Gasteiger partial charge is 0.0788 e. The van der Waals surface area contributed by atoms with E-state index in [1.54, 1.807) is 0 Å². The molecule has 596 valence electrons. The Labute approximate surface area is 748 Å². The number of para-hydroxylation sites is 2. The minimum absolute atomic E-state index is 0.417. The van der Waals surface area contributed by atoms with Gasteiger partial charge in [0.25, 0.3) is 0 Å². The van der Waals surface area contributed by atoms with E-state index in [4.69, 9.17) is 9.97 Å². The van der Waals surface area contributed by atoms with Crippen molar-refractivity contribution in [2.24, 2.45) is 0 Å². The number of pyridine rings is 2. The number of nitrogens with zero attached hydrogens (tertiary/aromatic N) is 2. The van der Waals surface area contributed by atoms with Crippen LogP contribution in [0.2, 0.25) is 0 Å². The molecule has 0 atom stereocenters. The molecule has 5 aliphatic carbocycles. The van der Waals surface area contributed by atoms with Crippen LogP contribution >= 0.6 is 0 Å². The maximum atomic E-state index is 5.54. The van der Waals surface area contributed by atoms with Gasteiger partial charge in [-0.3, -0.25) is 0 Å². The van der Waals surface area contributed by atoms with Crippen molar-refractivity contribution in [3.05, 3.63) is 540 Å². The number of rotatable bonds is 8. The molecule has 0 amide bonds. The van der Waals surface area contributed by atoms with Gasteiger partial charge in [-0.25, -0.2) is 9.97 Å². The molecule has 0 saturated carbocycles. The molecule has 0 saturated heterocycles. The topological polar surface area (TPSA) is 25.8 Å². The van der Waals surface area contributed by atoms with E-state index in [-0.39, 0.29) is 0 Å². The molecule has 0 bridgehead atoms. The van der Waals surface area contributed by atoms with Gasteiger partial charge in [0.15, 0.2) is 0 Å². The highest BCUT2D eigenvalue weighted by Crippen LogP contribution is 2.66. The molecule has 2 heteroatoms. The fourth-order valence-corrected chi connectivity index (χ4v) is 23.7. The van der Waals surface area contributed by atoms with Crippen molar-refractivity contribution >= 4 is 64.9 Å². The number of hydrogen-bond donors (Lipinski definition) is 0. The molecular weight excluding hydrogens is 1550 g/mol. The summed E-state index contributed by atoms with van der Waals surface area (Å²) in [5.41, 5.74) is 43.3. The first-order chi connectivity index (χ1) is 63.9. The summed E-state index contributed by atoms with van der Waals surface area (Å²) in [5, 5.41) is 12.1. The first-order valence-corrected chi connectivity index (χ1v) is 45.0. The van der Waals surface area contributed by atoms with Gasteiger partial charge in [0, 0.05) is 32.7 Å². The summed E-state index contributed by atoms with van der Waals surface area (Å²) in [7, 11) is 0. The lowest BCUT2D eigenvalue weighted by molar-refractivity contribution is 0.769. The Bertz CT molecular complexity index is 8480. The average molecular weight is 1630 g/mol. The number of fused-ring (bicyclic) bond motifs is 31. The van der Waals surface area contributed by atoms with E-state index in [2.05, 4.69) is 473 Å². The Morgan fingerprint density at radius 2 is 0.411 bits per heavy atom. The van der Waals surface area contributed by atoms with Crippen molar-refractivity contribution in [2.75, 3.05) is 0 Å². The Hall–Kier alpha value is -16.5. The summed E-state index contributed by atoms with van der Waals surface area (Å²) in [5.74, 6) is 0. The van der Waals surface area contributed by atoms with Crippen molar-refractivity contribution in [2.45, 2.75) is 16.2 Å². The van der Waals surface area contributed by atoms with Gasteiger partial charge < -0.3 is 0 Å². The fraction of sp³-hybridized carbons (Fsp3) is 0.0236. The molecule has 2 aromatic heterocycles. The minimum atomic E-state index is -0.466. The second kappa shape index (κ2) is 28.2. The molecule has 5 aliphatic rings. The third kappa shape index (κ3) is 10.6. The molecule has 129 heavy (non-hydrogen) atoms. The predicted molar refractivity (Wildman–Crippen MR) is 536 cm³/mol. The molecule has 0 radical (unpaired) electrons. The largest absolute Gasteiger partial charge is 0.247 e. The molecule has 23 aromatic rings. The lowest BCUT2D eigenvalue weighted by Gasteiger charge is -2.34. The van der Waals surface area contributed by atoms with Crippen molar-refractivity contribution < 1.29 is 0 Å². The van der Waals surface area contributed by atoms with Crippen LogP contribution in [0, 0.1) is 0 Å². The van der Waals surface area contributed by atoms with Crippen LogP contribution in [-0.2, 0) is 16.2 Å². The van der Waals surface area contributed by atoms with E-state index in [1.165, 1.54) is 204 Å². The van der Waals surface area contributed by atoms with Crippen LogP contribution in [0.25, 0.3) is 188 Å². The number of aromatic nitrogens is 2. The van der Waals surface area contributed by atoms with Gasteiger partial charge in [0.05, 0.1) is 38.7 Å². The van der Waals surface area contributed by atoms with E-state index >= 15 is 0 Å². The molecule has 0 aliphatic heterocycles. The second-order valence-corrected chi connectivity index (χ2v) is 35.5. The quantitative estimate of drug-likeness (QED) is 0.142. The highest BCUT2D eigenvalue weighted by molar-refractivity contribution is 6.16. The SMILES string of the molecule is c1cc(-c2cc(-c3ccc4ccccc4c3)cc(-c3ccc4ccccc4c3)c2)cc(-c2nc3ccccc3c3cc4c(cc23)-c2ccccc2C42c3ccccc3-c3ccccc32)c1.c1ccc(C2(c3ccccc3)c3ccccc3-c3ccc(-c4cccc(-c5nc6ccccc6c6cc7c(cc56)-c5ccccc5C75c6ccccc6-c6ccccc65)c4)cc32)cc1. The zero-order valence-corrected chi connectivity index (χ0v) is 70.4. The average Bonchev–Trinajstić information content (AvgIpc) is 1.51. The van der Waals surface area contributed by atoms with E-state index in [0.717, 1.165) is 49.9 Å². The summed E-state index contributed by atoms with van der Waals surface area (Å²) in [6, 6.07) is 176. The normalized spacial score (nSPS) is 13.6. The second-order valence-electron chi connectivity index (χ2n) is 35.5. The zero-order chi connectivity index (χ0) is 84.6. The molecule has 2 heterocycles. The number of hydrogen-bond acceptors (Lipinski definition) is 2. The molecule has 0 fully saturated rings. The summed E-state index contributed by atoms with van der Waals surface area (Å²) >= 11 is 0. The van der Waals surface area contributed by atoms with Crippen LogP contribution < -0.4 is 0 Å². The third-order valence-electron chi connectivity index (χ3n) is 29.1. The maximum Gasteiger partial charge on any atom is 0.0788 e. The molecule has 0 N–H and O–H groups in total. The highest BCUT2D eigenvalue weighted by Gasteiger charge is 2.54. The van der Waals surface area contributed by atoms with Gasteiger partial charge in [0.2, 0.25) is 0 Å². The van der Waals surface area contributed by atoms with Gasteiger partial charge >= 0.3 is 0 Å². The summed E-state index contributed by atoms with van der Waals surface area (Å²) < 4.78 is 0. The van der Waals surface area contributed by atoms with Gasteiger partial charge in [-0.15, -0.1) is 0 Å². The van der Waals surface area contributed by atoms with Crippen molar-refractivity contribution in [3.8, 4) is 123 Å². The van der Waals surface area contributed by atoms with Crippen molar-refractivity contribution in [1.29, 1.82) is 0 Å². The molecule has 28 rings (SSSR count). The van der Waals surface area contributed by atoms with Crippen molar-refractivity contribution in [1.82, 2.24) is 9.97 Å². The van der Waals surface area contributed by atoms with Gasteiger partial charge in [-0.1, -0.05) is 388 Å². The Kier molecular flexibility index (Phi) is 16.0. The lowest BCUT2D eigenvalue weighted by Crippen LogP contribution is -2.28. The maximum absolute atomic E-state index is 5.54. The van der Waals surface area contributed by atoms with E-state index in [9.17, 15) is 0 Å². The zero-order valence-electron chi connectivity index (χ0n) is 70.4. The van der Waals surface area contributed by atoms with Crippen LogP contribution in [0.5, 0.6) is 0 Å². The summed E-state index contributed by atoms with van der Waals surface area (Å²) in [6.45, 7) is 0. The van der Waals surface area contributed by atoms with Crippen LogP contribution in [0.15, 0.2) is 473 Å². The molecular formula is C127H78N2. The summed E-state index contributed by atoms with van der Waals surface area (Å²) in [4.78, 5) is 11.1. The third-order valence-corrected chi connectivity index (χ3v) is 29.1. The fourth-order valence-electron chi connectivity index (χ4n) is 23.7. The molecule has 0 unspecified atom stereocenters.